The van der Waals surface area contributed by atoms with Gasteiger partial charge in [-0.25, -0.2) is 4.79 Å². The van der Waals surface area contributed by atoms with Crippen LogP contribution in [0.15, 0.2) is 60.3 Å². The summed E-state index contributed by atoms with van der Waals surface area (Å²) in [6.45, 7) is 12.6. The molecule has 0 aliphatic heterocycles. The SMILES string of the molecule is C=CCOC(=O)c1ccc(N(C(=O)C=NO)c2ccc3c(c2)C(C)(C)CCC3(C)C)cc1. The van der Waals surface area contributed by atoms with Crippen LogP contribution in [0, 0.1) is 0 Å². The number of hydrogen-bond acceptors (Lipinski definition) is 5. The van der Waals surface area contributed by atoms with Crippen molar-refractivity contribution in [3.05, 3.63) is 71.8 Å². The number of carbonyl (C=O) groups excluding carboxylic acids is 2. The van der Waals surface area contributed by atoms with Crippen LogP contribution < -0.4 is 4.90 Å². The average Bonchev–Trinajstić information content (AvgIpc) is 2.76. The van der Waals surface area contributed by atoms with E-state index in [0.717, 1.165) is 19.1 Å². The second-order valence-corrected chi connectivity index (χ2v) is 9.35. The van der Waals surface area contributed by atoms with Gasteiger partial charge in [-0.05, 0) is 71.2 Å². The number of carbonyl (C=O) groups is 2. The van der Waals surface area contributed by atoms with E-state index in [1.807, 2.05) is 12.1 Å². The zero-order valence-corrected chi connectivity index (χ0v) is 19.1. The van der Waals surface area contributed by atoms with E-state index in [-0.39, 0.29) is 17.4 Å². The van der Waals surface area contributed by atoms with Gasteiger partial charge in [-0.3, -0.25) is 9.69 Å². The Hall–Kier alpha value is -3.41. The van der Waals surface area contributed by atoms with Gasteiger partial charge in [0.1, 0.15) is 12.8 Å². The summed E-state index contributed by atoms with van der Waals surface area (Å²) in [6, 6.07) is 12.6. The monoisotopic (exact) mass is 434 g/mol. The number of benzene rings is 2. The van der Waals surface area contributed by atoms with E-state index in [2.05, 4.69) is 45.5 Å². The third-order valence-corrected chi connectivity index (χ3v) is 6.18. The van der Waals surface area contributed by atoms with Crippen LogP contribution in [0.4, 0.5) is 11.4 Å². The molecule has 6 nitrogen and oxygen atoms in total. The molecule has 2 aromatic rings. The zero-order valence-electron chi connectivity index (χ0n) is 19.1. The number of esters is 1. The van der Waals surface area contributed by atoms with Crippen LogP contribution in [0.5, 0.6) is 0 Å². The lowest BCUT2D eigenvalue weighted by atomic mass is 9.63. The second kappa shape index (κ2) is 8.99. The second-order valence-electron chi connectivity index (χ2n) is 9.35. The summed E-state index contributed by atoms with van der Waals surface area (Å²) >= 11 is 0. The first-order valence-electron chi connectivity index (χ1n) is 10.7. The predicted octanol–water partition coefficient (Wildman–Crippen LogP) is 5.50. The normalized spacial score (nSPS) is 16.2. The van der Waals surface area contributed by atoms with Crippen molar-refractivity contribution in [3.8, 4) is 0 Å². The molecule has 32 heavy (non-hydrogen) atoms. The Balaban J connectivity index is 2.05. The molecule has 0 aromatic heterocycles. The minimum atomic E-state index is -0.498. The molecule has 1 N–H and O–H groups in total. The number of fused-ring (bicyclic) bond motifs is 1. The number of hydrogen-bond donors (Lipinski definition) is 1. The summed E-state index contributed by atoms with van der Waals surface area (Å²) in [5.74, 6) is -0.966. The summed E-state index contributed by atoms with van der Waals surface area (Å²) in [6.07, 6.45) is 4.50. The molecular formula is C26H30N2O4. The maximum absolute atomic E-state index is 12.9. The molecule has 3 rings (SSSR count). The Bertz CT molecular complexity index is 1050. The summed E-state index contributed by atoms with van der Waals surface area (Å²) in [5.41, 5.74) is 4.09. The van der Waals surface area contributed by atoms with Crippen molar-refractivity contribution in [2.75, 3.05) is 11.5 Å². The molecule has 1 aliphatic rings. The maximum atomic E-state index is 12.9. The van der Waals surface area contributed by atoms with E-state index in [1.54, 1.807) is 24.3 Å². The minimum Gasteiger partial charge on any atom is -0.458 e. The highest BCUT2D eigenvalue weighted by atomic mass is 16.5. The van der Waals surface area contributed by atoms with Gasteiger partial charge >= 0.3 is 5.97 Å². The summed E-state index contributed by atoms with van der Waals surface area (Å²) in [7, 11) is 0. The van der Waals surface area contributed by atoms with Gasteiger partial charge in [-0.1, -0.05) is 51.6 Å². The molecule has 6 heteroatoms. The number of nitrogens with zero attached hydrogens (tertiary/aromatic N) is 2. The van der Waals surface area contributed by atoms with Crippen LogP contribution in [0.3, 0.4) is 0 Å². The average molecular weight is 435 g/mol. The Kier molecular flexibility index (Phi) is 6.53. The van der Waals surface area contributed by atoms with Gasteiger partial charge in [0.05, 0.1) is 5.56 Å². The zero-order chi connectivity index (χ0) is 23.5. The molecule has 0 heterocycles. The van der Waals surface area contributed by atoms with Crippen LogP contribution in [-0.4, -0.2) is 29.9 Å². The van der Waals surface area contributed by atoms with Gasteiger partial charge in [0.25, 0.3) is 5.91 Å². The van der Waals surface area contributed by atoms with Crippen LogP contribution in [0.25, 0.3) is 0 Å². The fraction of sp³-hybridized carbons (Fsp3) is 0.346. The minimum absolute atomic E-state index is 0.0284. The molecule has 0 radical (unpaired) electrons. The van der Waals surface area contributed by atoms with Crippen LogP contribution in [0.1, 0.15) is 62.0 Å². The van der Waals surface area contributed by atoms with Crippen LogP contribution in [-0.2, 0) is 20.4 Å². The van der Waals surface area contributed by atoms with Gasteiger partial charge in [0.15, 0.2) is 0 Å². The van der Waals surface area contributed by atoms with Gasteiger partial charge in [-0.15, -0.1) is 0 Å². The molecule has 168 valence electrons. The number of oxime groups is 1. The largest absolute Gasteiger partial charge is 0.458 e. The Morgan fingerprint density at radius 2 is 1.62 bits per heavy atom. The van der Waals surface area contributed by atoms with Crippen molar-refractivity contribution in [1.29, 1.82) is 0 Å². The number of amides is 1. The van der Waals surface area contributed by atoms with Crippen molar-refractivity contribution in [3.63, 3.8) is 0 Å². The number of ether oxygens (including phenoxy) is 1. The van der Waals surface area contributed by atoms with E-state index in [4.69, 9.17) is 9.94 Å². The first kappa shape index (κ1) is 23.3. The van der Waals surface area contributed by atoms with Crippen molar-refractivity contribution >= 4 is 29.5 Å². The fourth-order valence-electron chi connectivity index (χ4n) is 4.19. The molecule has 0 spiro atoms. The predicted molar refractivity (Wildman–Crippen MR) is 126 cm³/mol. The highest BCUT2D eigenvalue weighted by Crippen LogP contribution is 2.47. The molecule has 0 saturated heterocycles. The van der Waals surface area contributed by atoms with Crippen LogP contribution >= 0.6 is 0 Å². The molecule has 0 atom stereocenters. The third-order valence-electron chi connectivity index (χ3n) is 6.18. The van der Waals surface area contributed by atoms with E-state index >= 15 is 0 Å². The summed E-state index contributed by atoms with van der Waals surface area (Å²) in [5, 5.41) is 11.9. The molecule has 0 bridgehead atoms. The number of rotatable bonds is 6. The van der Waals surface area contributed by atoms with Crippen molar-refractivity contribution in [1.82, 2.24) is 0 Å². The van der Waals surface area contributed by atoms with E-state index in [9.17, 15) is 9.59 Å². The van der Waals surface area contributed by atoms with Crippen LogP contribution in [0.2, 0.25) is 0 Å². The van der Waals surface area contributed by atoms with Gasteiger partial charge in [0, 0.05) is 11.4 Å². The van der Waals surface area contributed by atoms with E-state index < -0.39 is 11.9 Å². The van der Waals surface area contributed by atoms with Gasteiger partial charge in [0.2, 0.25) is 0 Å². The van der Waals surface area contributed by atoms with E-state index in [1.165, 1.54) is 22.1 Å². The topological polar surface area (TPSA) is 79.2 Å². The molecule has 0 fully saturated rings. The summed E-state index contributed by atoms with van der Waals surface area (Å²) in [4.78, 5) is 26.4. The fourth-order valence-corrected chi connectivity index (χ4v) is 4.19. The number of anilines is 2. The van der Waals surface area contributed by atoms with Gasteiger partial charge in [-0.2, -0.15) is 0 Å². The molecule has 0 saturated carbocycles. The maximum Gasteiger partial charge on any atom is 0.338 e. The standard InChI is InChI=1S/C26H30N2O4/c1-6-15-32-24(30)18-7-9-19(10-8-18)28(23(29)17-27-31)20-11-12-21-22(16-20)26(4,5)14-13-25(21,2)3/h6-12,16-17,31H,1,13-15H2,2-5H3. The summed E-state index contributed by atoms with van der Waals surface area (Å²) < 4.78 is 5.06. The molecule has 0 unspecified atom stereocenters. The van der Waals surface area contributed by atoms with Crippen molar-refractivity contribution < 1.29 is 19.5 Å². The molecule has 1 aliphatic carbocycles. The lowest BCUT2D eigenvalue weighted by Crippen LogP contribution is -2.34. The quantitative estimate of drug-likeness (QED) is 0.214. The molecule has 1 amide bonds. The lowest BCUT2D eigenvalue weighted by Gasteiger charge is -2.42. The molecule has 2 aromatic carbocycles. The first-order chi connectivity index (χ1) is 15.1. The third kappa shape index (κ3) is 4.59. The van der Waals surface area contributed by atoms with Gasteiger partial charge < -0.3 is 9.94 Å². The highest BCUT2D eigenvalue weighted by Gasteiger charge is 2.37. The Morgan fingerprint density at radius 3 is 2.22 bits per heavy atom. The van der Waals surface area contributed by atoms with Crippen molar-refractivity contribution in [2.24, 2.45) is 5.16 Å². The lowest BCUT2D eigenvalue weighted by molar-refractivity contribution is -0.111. The highest BCUT2D eigenvalue weighted by molar-refractivity contribution is 6.34. The smallest absolute Gasteiger partial charge is 0.338 e. The molecular weight excluding hydrogens is 404 g/mol. The Labute approximate surface area is 189 Å². The van der Waals surface area contributed by atoms with E-state index in [0.29, 0.717) is 16.9 Å². The Morgan fingerprint density at radius 1 is 1.03 bits per heavy atom. The first-order valence-corrected chi connectivity index (χ1v) is 10.7. The van der Waals surface area contributed by atoms with Crippen molar-refractivity contribution in [2.45, 2.75) is 51.4 Å².